The highest BCUT2D eigenvalue weighted by molar-refractivity contribution is 5.94. The van der Waals surface area contributed by atoms with Gasteiger partial charge in [-0.2, -0.15) is 0 Å². The van der Waals surface area contributed by atoms with E-state index in [2.05, 4.69) is 12.2 Å². The Labute approximate surface area is 118 Å². The summed E-state index contributed by atoms with van der Waals surface area (Å²) >= 11 is 0. The summed E-state index contributed by atoms with van der Waals surface area (Å²) in [5.41, 5.74) is 6.13. The minimum absolute atomic E-state index is 0.0893. The molecule has 5 nitrogen and oxygen atoms in total. The van der Waals surface area contributed by atoms with Gasteiger partial charge in [-0.05, 0) is 24.6 Å². The predicted octanol–water partition coefficient (Wildman–Crippen LogP) is 2.18. The van der Waals surface area contributed by atoms with Gasteiger partial charge in [0.15, 0.2) is 0 Å². The Morgan fingerprint density at radius 2 is 2.05 bits per heavy atom. The fraction of sp³-hybridized carbons (Fsp3) is 0.500. The number of ether oxygens (including phenoxy) is 2. The Hall–Kier alpha value is -1.66. The lowest BCUT2D eigenvalue weighted by Crippen LogP contribution is -2.20. The molecule has 0 saturated heterocycles. The third kappa shape index (κ3) is 6.49. The molecule has 0 radical (unpaired) electrons. The lowest BCUT2D eigenvalue weighted by molar-refractivity contribution is -0.121. The van der Waals surface area contributed by atoms with Crippen molar-refractivity contribution in [3.8, 4) is 0 Å². The average Bonchev–Trinajstić information content (AvgIpc) is 2.41. The largest absolute Gasteiger partial charge is 0.397 e. The number of amides is 1. The molecule has 0 unspecified atom stereocenters. The van der Waals surface area contributed by atoms with Crippen LogP contribution in [-0.4, -0.2) is 32.3 Å². The zero-order chi connectivity index (χ0) is 14.8. The Bertz CT molecular complexity index is 427. The number of nitrogens with two attached hydrogens (primary N) is 1. The summed E-state index contributed by atoms with van der Waals surface area (Å²) in [6, 6.07) is 3.79. The highest BCUT2D eigenvalue weighted by Crippen LogP contribution is 2.18. The van der Waals surface area contributed by atoms with E-state index in [1.807, 2.05) is 0 Å². The van der Waals surface area contributed by atoms with Gasteiger partial charge in [-0.25, -0.2) is 4.39 Å². The third-order valence-corrected chi connectivity index (χ3v) is 2.54. The molecule has 1 aromatic rings. The van der Waals surface area contributed by atoms with E-state index in [1.165, 1.54) is 12.1 Å². The highest BCUT2D eigenvalue weighted by Gasteiger charge is 2.06. The number of carbonyl (C=O) groups excluding carboxylic acids is 1. The molecule has 0 aliphatic carbocycles. The van der Waals surface area contributed by atoms with E-state index in [0.717, 1.165) is 18.9 Å². The maximum absolute atomic E-state index is 12.8. The van der Waals surface area contributed by atoms with Crippen LogP contribution in [0.5, 0.6) is 0 Å². The van der Waals surface area contributed by atoms with Crippen molar-refractivity contribution in [1.82, 2.24) is 0 Å². The maximum Gasteiger partial charge on any atom is 0.250 e. The van der Waals surface area contributed by atoms with Crippen LogP contribution < -0.4 is 11.1 Å². The van der Waals surface area contributed by atoms with Crippen molar-refractivity contribution >= 4 is 17.3 Å². The smallest absolute Gasteiger partial charge is 0.250 e. The van der Waals surface area contributed by atoms with Crippen molar-refractivity contribution in [1.29, 1.82) is 0 Å². The Balaban J connectivity index is 2.17. The van der Waals surface area contributed by atoms with Gasteiger partial charge >= 0.3 is 0 Å². The van der Waals surface area contributed by atoms with E-state index in [4.69, 9.17) is 15.2 Å². The number of nitrogen functional groups attached to an aromatic ring is 1. The number of rotatable bonds is 9. The summed E-state index contributed by atoms with van der Waals surface area (Å²) in [5.74, 6) is -0.780. The van der Waals surface area contributed by atoms with E-state index >= 15 is 0 Å². The van der Waals surface area contributed by atoms with Gasteiger partial charge in [0.05, 0.1) is 24.6 Å². The Morgan fingerprint density at radius 1 is 1.30 bits per heavy atom. The molecule has 0 aliphatic heterocycles. The van der Waals surface area contributed by atoms with E-state index in [1.54, 1.807) is 0 Å². The van der Waals surface area contributed by atoms with E-state index < -0.39 is 5.82 Å². The molecular formula is C14H21FN2O3. The molecular weight excluding hydrogens is 263 g/mol. The minimum Gasteiger partial charge on any atom is -0.397 e. The third-order valence-electron chi connectivity index (χ3n) is 2.54. The standard InChI is InChI=1S/C14H21FN2O3/c1-2-3-6-19-7-8-20-10-14(18)17-13-5-4-11(15)9-12(13)16/h4-5,9H,2-3,6-8,10,16H2,1H3,(H,17,18). The molecule has 3 N–H and O–H groups in total. The van der Waals surface area contributed by atoms with Gasteiger partial charge in [-0.3, -0.25) is 4.79 Å². The van der Waals surface area contributed by atoms with Gasteiger partial charge in [0.1, 0.15) is 12.4 Å². The monoisotopic (exact) mass is 284 g/mol. The van der Waals surface area contributed by atoms with Crippen LogP contribution in [0.1, 0.15) is 19.8 Å². The van der Waals surface area contributed by atoms with Crippen LogP contribution in [0.2, 0.25) is 0 Å². The molecule has 1 rings (SSSR count). The zero-order valence-electron chi connectivity index (χ0n) is 11.7. The van der Waals surface area contributed by atoms with Crippen molar-refractivity contribution in [2.75, 3.05) is 37.5 Å². The second-order valence-corrected chi connectivity index (χ2v) is 4.30. The Morgan fingerprint density at radius 3 is 2.75 bits per heavy atom. The summed E-state index contributed by atoms with van der Waals surface area (Å²) in [5, 5.41) is 2.55. The number of nitrogens with one attached hydrogen (secondary N) is 1. The van der Waals surface area contributed by atoms with E-state index in [-0.39, 0.29) is 18.2 Å². The molecule has 0 heterocycles. The molecule has 0 aliphatic rings. The van der Waals surface area contributed by atoms with Gasteiger partial charge in [0.25, 0.3) is 0 Å². The minimum atomic E-state index is -0.444. The normalized spacial score (nSPS) is 10.5. The van der Waals surface area contributed by atoms with Crippen LogP contribution in [-0.2, 0) is 14.3 Å². The second-order valence-electron chi connectivity index (χ2n) is 4.30. The van der Waals surface area contributed by atoms with Crippen molar-refractivity contribution in [2.24, 2.45) is 0 Å². The first-order chi connectivity index (χ1) is 9.63. The lowest BCUT2D eigenvalue weighted by atomic mass is 10.2. The molecule has 0 bridgehead atoms. The molecule has 0 aromatic heterocycles. The van der Waals surface area contributed by atoms with E-state index in [9.17, 15) is 9.18 Å². The van der Waals surface area contributed by atoms with Crippen LogP contribution >= 0.6 is 0 Å². The predicted molar refractivity (Wildman–Crippen MR) is 76.0 cm³/mol. The number of carbonyl (C=O) groups is 1. The van der Waals surface area contributed by atoms with Gasteiger partial charge < -0.3 is 20.5 Å². The first-order valence-electron chi connectivity index (χ1n) is 6.64. The van der Waals surface area contributed by atoms with Gasteiger partial charge in [-0.15, -0.1) is 0 Å². The number of anilines is 2. The summed E-state index contributed by atoms with van der Waals surface area (Å²) in [4.78, 5) is 11.6. The van der Waals surface area contributed by atoms with Crippen molar-refractivity contribution in [2.45, 2.75) is 19.8 Å². The van der Waals surface area contributed by atoms with Crippen LogP contribution in [0.4, 0.5) is 15.8 Å². The van der Waals surface area contributed by atoms with Crippen LogP contribution in [0.15, 0.2) is 18.2 Å². The molecule has 0 atom stereocenters. The Kier molecular flexibility index (Phi) is 7.60. The number of hydrogen-bond donors (Lipinski definition) is 2. The van der Waals surface area contributed by atoms with Crippen LogP contribution in [0.25, 0.3) is 0 Å². The van der Waals surface area contributed by atoms with E-state index in [0.29, 0.717) is 25.5 Å². The lowest BCUT2D eigenvalue weighted by Gasteiger charge is -2.09. The molecule has 0 saturated carbocycles. The first-order valence-corrected chi connectivity index (χ1v) is 6.64. The number of benzene rings is 1. The summed E-state index contributed by atoms with van der Waals surface area (Å²) in [7, 11) is 0. The van der Waals surface area contributed by atoms with Crippen molar-refractivity contribution in [3.63, 3.8) is 0 Å². The van der Waals surface area contributed by atoms with Crippen molar-refractivity contribution < 1.29 is 18.7 Å². The summed E-state index contributed by atoms with van der Waals surface area (Å²) in [6.07, 6.45) is 2.10. The first kappa shape index (κ1) is 16.4. The maximum atomic E-state index is 12.8. The SMILES string of the molecule is CCCCOCCOCC(=O)Nc1ccc(F)cc1N. The topological polar surface area (TPSA) is 73.6 Å². The molecule has 0 spiro atoms. The molecule has 20 heavy (non-hydrogen) atoms. The summed E-state index contributed by atoms with van der Waals surface area (Å²) in [6.45, 7) is 3.53. The quantitative estimate of drug-likeness (QED) is 0.538. The number of unbranched alkanes of at least 4 members (excludes halogenated alkanes) is 1. The molecule has 1 amide bonds. The van der Waals surface area contributed by atoms with Crippen LogP contribution in [0, 0.1) is 5.82 Å². The van der Waals surface area contributed by atoms with Gasteiger partial charge in [0, 0.05) is 6.61 Å². The highest BCUT2D eigenvalue weighted by atomic mass is 19.1. The summed E-state index contributed by atoms with van der Waals surface area (Å²) < 4.78 is 23.3. The van der Waals surface area contributed by atoms with Crippen molar-refractivity contribution in [3.05, 3.63) is 24.0 Å². The second kappa shape index (κ2) is 9.28. The van der Waals surface area contributed by atoms with Gasteiger partial charge in [0.2, 0.25) is 5.91 Å². The molecule has 1 aromatic carbocycles. The molecule has 0 fully saturated rings. The fourth-order valence-corrected chi connectivity index (χ4v) is 1.46. The number of halogens is 1. The zero-order valence-corrected chi connectivity index (χ0v) is 11.7. The molecule has 112 valence electrons. The number of hydrogen-bond acceptors (Lipinski definition) is 4. The van der Waals surface area contributed by atoms with Crippen LogP contribution in [0.3, 0.4) is 0 Å². The average molecular weight is 284 g/mol. The fourth-order valence-electron chi connectivity index (χ4n) is 1.46. The van der Waals surface area contributed by atoms with Gasteiger partial charge in [-0.1, -0.05) is 13.3 Å². The molecule has 6 heteroatoms.